The number of aryl methyl sites for hydroxylation is 2. The highest BCUT2D eigenvalue weighted by molar-refractivity contribution is 5.76. The van der Waals surface area contributed by atoms with Crippen molar-refractivity contribution in [2.24, 2.45) is 0 Å². The van der Waals surface area contributed by atoms with Crippen molar-refractivity contribution in [1.82, 2.24) is 10.5 Å². The zero-order valence-electron chi connectivity index (χ0n) is 9.91. The Balaban J connectivity index is 2.37. The van der Waals surface area contributed by atoms with E-state index in [1.165, 1.54) is 0 Å². The van der Waals surface area contributed by atoms with Crippen molar-refractivity contribution in [1.29, 1.82) is 0 Å². The van der Waals surface area contributed by atoms with Gasteiger partial charge in [-0.2, -0.15) is 0 Å². The monoisotopic (exact) mass is 226 g/mol. The van der Waals surface area contributed by atoms with Crippen LogP contribution >= 0.6 is 0 Å². The largest absolute Gasteiger partial charge is 0.392 e. The summed E-state index contributed by atoms with van der Waals surface area (Å²) in [5.74, 6) is 0.696. The molecule has 5 nitrogen and oxygen atoms in total. The molecule has 90 valence electrons. The van der Waals surface area contributed by atoms with E-state index in [1.54, 1.807) is 6.92 Å². The fourth-order valence-corrected chi connectivity index (χ4v) is 1.45. The third-order valence-electron chi connectivity index (χ3n) is 2.38. The van der Waals surface area contributed by atoms with Gasteiger partial charge in [0.05, 0.1) is 11.8 Å². The molecule has 2 N–H and O–H groups in total. The Kier molecular flexibility index (Phi) is 4.49. The molecule has 0 aliphatic heterocycles. The third kappa shape index (κ3) is 3.66. The number of aliphatic hydroxyl groups excluding tert-OH is 1. The van der Waals surface area contributed by atoms with Gasteiger partial charge in [-0.25, -0.2) is 0 Å². The van der Waals surface area contributed by atoms with E-state index in [9.17, 15) is 4.79 Å². The molecule has 1 aromatic rings. The number of carbonyl (C=O) groups is 1. The second kappa shape index (κ2) is 5.65. The molecule has 0 saturated carbocycles. The summed E-state index contributed by atoms with van der Waals surface area (Å²) in [7, 11) is 0. The average molecular weight is 226 g/mol. The Bertz CT molecular complexity index is 339. The van der Waals surface area contributed by atoms with Crippen LogP contribution in [0.5, 0.6) is 0 Å². The number of nitrogens with zero attached hydrogens (tertiary/aromatic N) is 1. The van der Waals surface area contributed by atoms with Crippen molar-refractivity contribution in [3.05, 3.63) is 17.0 Å². The standard InChI is InChI=1S/C11H18N2O3/c1-7(14)6-12-11(15)5-4-10-8(2)13-16-9(10)3/h7,14H,4-6H2,1-3H3,(H,12,15)/t7-/m0/s1. The van der Waals surface area contributed by atoms with Gasteiger partial charge in [0.2, 0.25) is 5.91 Å². The first-order valence-electron chi connectivity index (χ1n) is 5.37. The number of hydrogen-bond acceptors (Lipinski definition) is 4. The molecule has 1 atom stereocenters. The van der Waals surface area contributed by atoms with Crippen LogP contribution in [0.4, 0.5) is 0 Å². The minimum Gasteiger partial charge on any atom is -0.392 e. The summed E-state index contributed by atoms with van der Waals surface area (Å²) in [6, 6.07) is 0. The van der Waals surface area contributed by atoms with Gasteiger partial charge in [-0.15, -0.1) is 0 Å². The van der Waals surface area contributed by atoms with Crippen molar-refractivity contribution in [2.45, 2.75) is 39.7 Å². The minimum atomic E-state index is -0.511. The molecule has 0 bridgehead atoms. The van der Waals surface area contributed by atoms with E-state index in [0.717, 1.165) is 17.0 Å². The maximum absolute atomic E-state index is 11.4. The van der Waals surface area contributed by atoms with Gasteiger partial charge in [-0.05, 0) is 27.2 Å². The number of hydrogen-bond donors (Lipinski definition) is 2. The molecule has 0 aliphatic rings. The lowest BCUT2D eigenvalue weighted by Crippen LogP contribution is -2.30. The van der Waals surface area contributed by atoms with Crippen molar-refractivity contribution >= 4 is 5.91 Å². The molecule has 1 amide bonds. The zero-order valence-corrected chi connectivity index (χ0v) is 9.91. The van der Waals surface area contributed by atoms with Crippen LogP contribution in [0.3, 0.4) is 0 Å². The van der Waals surface area contributed by atoms with Gasteiger partial charge in [0.25, 0.3) is 0 Å². The topological polar surface area (TPSA) is 75.4 Å². The van der Waals surface area contributed by atoms with Crippen LogP contribution in [-0.4, -0.2) is 28.8 Å². The highest BCUT2D eigenvalue weighted by Gasteiger charge is 2.11. The Labute approximate surface area is 94.8 Å². The first kappa shape index (κ1) is 12.7. The van der Waals surface area contributed by atoms with E-state index in [0.29, 0.717) is 19.4 Å². The summed E-state index contributed by atoms with van der Waals surface area (Å²) in [4.78, 5) is 11.4. The zero-order chi connectivity index (χ0) is 12.1. The Morgan fingerprint density at radius 2 is 2.25 bits per heavy atom. The molecule has 1 heterocycles. The summed E-state index contributed by atoms with van der Waals surface area (Å²) in [6.07, 6.45) is 0.491. The van der Waals surface area contributed by atoms with E-state index in [1.807, 2.05) is 13.8 Å². The van der Waals surface area contributed by atoms with Crippen LogP contribution < -0.4 is 5.32 Å². The molecular weight excluding hydrogens is 208 g/mol. The second-order valence-electron chi connectivity index (χ2n) is 3.96. The minimum absolute atomic E-state index is 0.0686. The molecule has 16 heavy (non-hydrogen) atoms. The first-order valence-corrected chi connectivity index (χ1v) is 5.37. The molecule has 0 aromatic carbocycles. The number of aliphatic hydroxyl groups is 1. The highest BCUT2D eigenvalue weighted by Crippen LogP contribution is 2.13. The molecule has 0 aliphatic carbocycles. The van der Waals surface area contributed by atoms with E-state index in [-0.39, 0.29) is 5.91 Å². The molecule has 0 saturated heterocycles. The number of nitrogens with one attached hydrogen (secondary N) is 1. The van der Waals surface area contributed by atoms with Crippen LogP contribution in [0.25, 0.3) is 0 Å². The van der Waals surface area contributed by atoms with Gasteiger partial charge in [0, 0.05) is 18.5 Å². The Morgan fingerprint density at radius 3 is 2.75 bits per heavy atom. The number of amides is 1. The van der Waals surface area contributed by atoms with Crippen LogP contribution in [-0.2, 0) is 11.2 Å². The molecule has 5 heteroatoms. The van der Waals surface area contributed by atoms with Crippen LogP contribution in [0.15, 0.2) is 4.52 Å². The number of carbonyl (C=O) groups excluding carboxylic acids is 1. The Hall–Kier alpha value is -1.36. The second-order valence-corrected chi connectivity index (χ2v) is 3.96. The number of rotatable bonds is 5. The highest BCUT2D eigenvalue weighted by atomic mass is 16.5. The Morgan fingerprint density at radius 1 is 1.56 bits per heavy atom. The summed E-state index contributed by atoms with van der Waals surface area (Å²) < 4.78 is 5.00. The van der Waals surface area contributed by atoms with Crippen molar-refractivity contribution in [2.75, 3.05) is 6.54 Å². The van der Waals surface area contributed by atoms with Gasteiger partial charge in [-0.3, -0.25) is 4.79 Å². The summed E-state index contributed by atoms with van der Waals surface area (Å²) in [5.41, 5.74) is 1.83. The van der Waals surface area contributed by atoms with Crippen LogP contribution in [0.1, 0.15) is 30.4 Å². The van der Waals surface area contributed by atoms with Crippen molar-refractivity contribution in [3.8, 4) is 0 Å². The molecule has 1 aromatic heterocycles. The number of aromatic nitrogens is 1. The quantitative estimate of drug-likeness (QED) is 0.775. The summed E-state index contributed by atoms with van der Waals surface area (Å²) >= 11 is 0. The van der Waals surface area contributed by atoms with E-state index < -0.39 is 6.10 Å². The fraction of sp³-hybridized carbons (Fsp3) is 0.636. The lowest BCUT2D eigenvalue weighted by atomic mass is 10.1. The van der Waals surface area contributed by atoms with E-state index in [2.05, 4.69) is 10.5 Å². The summed E-state index contributed by atoms with van der Waals surface area (Å²) in [5, 5.41) is 15.5. The van der Waals surface area contributed by atoms with Gasteiger partial charge < -0.3 is 14.9 Å². The maximum Gasteiger partial charge on any atom is 0.220 e. The molecule has 1 rings (SSSR count). The molecular formula is C11H18N2O3. The van der Waals surface area contributed by atoms with Gasteiger partial charge in [0.15, 0.2) is 0 Å². The lowest BCUT2D eigenvalue weighted by Gasteiger charge is -2.06. The van der Waals surface area contributed by atoms with Crippen molar-refractivity contribution in [3.63, 3.8) is 0 Å². The lowest BCUT2D eigenvalue weighted by molar-refractivity contribution is -0.121. The molecule has 0 fully saturated rings. The predicted octanol–water partition coefficient (Wildman–Crippen LogP) is 0.721. The normalized spacial score (nSPS) is 12.5. The average Bonchev–Trinajstić information content (AvgIpc) is 2.53. The molecule has 0 radical (unpaired) electrons. The SMILES string of the molecule is Cc1noc(C)c1CCC(=O)NC[C@H](C)O. The van der Waals surface area contributed by atoms with E-state index >= 15 is 0 Å². The van der Waals surface area contributed by atoms with Gasteiger partial charge in [0.1, 0.15) is 5.76 Å². The smallest absolute Gasteiger partial charge is 0.220 e. The van der Waals surface area contributed by atoms with E-state index in [4.69, 9.17) is 9.63 Å². The molecule has 0 spiro atoms. The first-order chi connectivity index (χ1) is 7.50. The summed E-state index contributed by atoms with van der Waals surface area (Å²) in [6.45, 7) is 5.62. The van der Waals surface area contributed by atoms with Crippen LogP contribution in [0, 0.1) is 13.8 Å². The van der Waals surface area contributed by atoms with Gasteiger partial charge >= 0.3 is 0 Å². The fourth-order valence-electron chi connectivity index (χ4n) is 1.45. The molecule has 0 unspecified atom stereocenters. The predicted molar refractivity (Wildman–Crippen MR) is 59.0 cm³/mol. The maximum atomic E-state index is 11.4. The van der Waals surface area contributed by atoms with Crippen molar-refractivity contribution < 1.29 is 14.4 Å². The third-order valence-corrected chi connectivity index (χ3v) is 2.38. The van der Waals surface area contributed by atoms with Gasteiger partial charge in [-0.1, -0.05) is 5.16 Å². The van der Waals surface area contributed by atoms with Crippen LogP contribution in [0.2, 0.25) is 0 Å².